The number of aryl methyl sites for hydroxylation is 2. The fourth-order valence-corrected chi connectivity index (χ4v) is 3.76. The molecule has 0 atom stereocenters. The van der Waals surface area contributed by atoms with Crippen LogP contribution in [0.3, 0.4) is 0 Å². The van der Waals surface area contributed by atoms with Crippen molar-refractivity contribution in [2.45, 2.75) is 43.9 Å². The Morgan fingerprint density at radius 2 is 1.81 bits per heavy atom. The van der Waals surface area contributed by atoms with Crippen LogP contribution in [0.25, 0.3) is 0 Å². The van der Waals surface area contributed by atoms with Crippen LogP contribution in [0.2, 0.25) is 0 Å². The predicted molar refractivity (Wildman–Crippen MR) is 91.5 cm³/mol. The van der Waals surface area contributed by atoms with E-state index in [1.54, 1.807) is 17.8 Å². The molecule has 0 heterocycles. The second kappa shape index (κ2) is 7.13. The summed E-state index contributed by atoms with van der Waals surface area (Å²) in [5.41, 5.74) is 2.89. The first-order valence-corrected chi connectivity index (χ1v) is 9.63. The lowest BCUT2D eigenvalue weighted by atomic mass is 10.1. The third-order valence-corrected chi connectivity index (χ3v) is 6.32. The third kappa shape index (κ3) is 4.98. The summed E-state index contributed by atoms with van der Waals surface area (Å²) in [4.78, 5) is 0.371. The molecule has 0 radical (unpaired) electrons. The van der Waals surface area contributed by atoms with Crippen molar-refractivity contribution in [1.82, 2.24) is 10.0 Å². The molecule has 21 heavy (non-hydrogen) atoms. The van der Waals surface area contributed by atoms with Gasteiger partial charge in [0, 0.05) is 17.8 Å². The van der Waals surface area contributed by atoms with Crippen molar-refractivity contribution in [2.24, 2.45) is 0 Å². The number of nitrogens with one attached hydrogen (secondary N) is 2. The smallest absolute Gasteiger partial charge is 0.240 e. The van der Waals surface area contributed by atoms with Crippen molar-refractivity contribution in [3.63, 3.8) is 0 Å². The molecule has 0 unspecified atom stereocenters. The number of hydrogen-bond donors (Lipinski definition) is 2. The normalized spacial score (nSPS) is 12.7. The van der Waals surface area contributed by atoms with Crippen molar-refractivity contribution >= 4 is 21.8 Å². The van der Waals surface area contributed by atoms with Gasteiger partial charge in [-0.1, -0.05) is 6.07 Å². The highest BCUT2D eigenvalue weighted by atomic mass is 32.2. The summed E-state index contributed by atoms with van der Waals surface area (Å²) in [5, 5.41) is 3.07. The average molecular weight is 331 g/mol. The van der Waals surface area contributed by atoms with Gasteiger partial charge in [-0.3, -0.25) is 0 Å². The Bertz CT molecular complexity index is 596. The molecule has 0 fully saturated rings. The zero-order valence-corrected chi connectivity index (χ0v) is 15.3. The molecular weight excluding hydrogens is 304 g/mol. The molecule has 1 aromatic rings. The first-order chi connectivity index (χ1) is 9.63. The van der Waals surface area contributed by atoms with Crippen molar-refractivity contribution in [1.29, 1.82) is 0 Å². The molecule has 1 aromatic carbocycles. The average Bonchev–Trinajstić information content (AvgIpc) is 2.40. The van der Waals surface area contributed by atoms with E-state index >= 15 is 0 Å². The van der Waals surface area contributed by atoms with E-state index in [1.807, 2.05) is 47.1 Å². The summed E-state index contributed by atoms with van der Waals surface area (Å²) < 4.78 is 27.7. The van der Waals surface area contributed by atoms with Crippen LogP contribution < -0.4 is 10.0 Å². The Labute approximate surface area is 133 Å². The van der Waals surface area contributed by atoms with Gasteiger partial charge in [-0.25, -0.2) is 13.1 Å². The molecule has 0 bridgehead atoms. The molecule has 0 spiro atoms. The fourth-order valence-electron chi connectivity index (χ4n) is 1.96. The van der Waals surface area contributed by atoms with Crippen LogP contribution in [-0.4, -0.2) is 33.0 Å². The Hall–Kier alpha value is -0.560. The van der Waals surface area contributed by atoms with Crippen LogP contribution in [0.1, 0.15) is 30.5 Å². The van der Waals surface area contributed by atoms with Crippen molar-refractivity contribution in [3.8, 4) is 0 Å². The molecule has 0 saturated heterocycles. The van der Waals surface area contributed by atoms with Crippen LogP contribution in [0.4, 0.5) is 0 Å². The topological polar surface area (TPSA) is 58.2 Å². The maximum atomic E-state index is 12.5. The molecule has 0 aliphatic rings. The summed E-state index contributed by atoms with van der Waals surface area (Å²) in [6.07, 6.45) is 1.98. The highest BCUT2D eigenvalue weighted by Gasteiger charge is 2.23. The standard InChI is InChI=1S/C15H26N2O2S2/c1-11-7-12(2)14(8-13(11)9-16-5)21(18,19)17-10-15(3,4)20-6/h7-8,16-17H,9-10H2,1-6H3. The summed E-state index contributed by atoms with van der Waals surface area (Å²) in [7, 11) is -1.63. The van der Waals surface area contributed by atoms with Gasteiger partial charge in [0.15, 0.2) is 0 Å². The molecule has 6 heteroatoms. The van der Waals surface area contributed by atoms with E-state index in [2.05, 4.69) is 10.0 Å². The van der Waals surface area contributed by atoms with Crippen LogP contribution in [0, 0.1) is 13.8 Å². The Balaban J connectivity index is 3.10. The minimum Gasteiger partial charge on any atom is -0.316 e. The molecular formula is C15H26N2O2S2. The Morgan fingerprint density at radius 3 is 2.33 bits per heavy atom. The van der Waals surface area contributed by atoms with Gasteiger partial charge in [-0.2, -0.15) is 11.8 Å². The molecule has 0 amide bonds. The summed E-state index contributed by atoms with van der Waals surface area (Å²) >= 11 is 1.64. The maximum Gasteiger partial charge on any atom is 0.240 e. The predicted octanol–water partition coefficient (Wildman–Crippen LogP) is 2.44. The molecule has 0 aliphatic heterocycles. The van der Waals surface area contributed by atoms with Gasteiger partial charge in [0.05, 0.1) is 4.90 Å². The number of benzene rings is 1. The van der Waals surface area contributed by atoms with Gasteiger partial charge in [-0.05, 0) is 63.8 Å². The van der Waals surface area contributed by atoms with Gasteiger partial charge in [0.2, 0.25) is 10.0 Å². The lowest BCUT2D eigenvalue weighted by molar-refractivity contribution is 0.570. The zero-order valence-electron chi connectivity index (χ0n) is 13.7. The van der Waals surface area contributed by atoms with Crippen molar-refractivity contribution in [2.75, 3.05) is 19.8 Å². The van der Waals surface area contributed by atoms with E-state index in [4.69, 9.17) is 0 Å². The van der Waals surface area contributed by atoms with Gasteiger partial charge >= 0.3 is 0 Å². The number of thioether (sulfide) groups is 1. The fraction of sp³-hybridized carbons (Fsp3) is 0.600. The van der Waals surface area contributed by atoms with Gasteiger partial charge < -0.3 is 5.32 Å². The zero-order chi connectivity index (χ0) is 16.3. The summed E-state index contributed by atoms with van der Waals surface area (Å²) in [6.45, 7) is 8.95. The van der Waals surface area contributed by atoms with E-state index in [1.165, 1.54) is 0 Å². The summed E-state index contributed by atoms with van der Waals surface area (Å²) in [5.74, 6) is 0. The van der Waals surface area contributed by atoms with E-state index in [9.17, 15) is 8.42 Å². The minimum atomic E-state index is -3.48. The highest BCUT2D eigenvalue weighted by molar-refractivity contribution is 8.00. The van der Waals surface area contributed by atoms with E-state index in [0.717, 1.165) is 16.7 Å². The first-order valence-electron chi connectivity index (χ1n) is 6.92. The monoisotopic (exact) mass is 330 g/mol. The second-order valence-electron chi connectivity index (χ2n) is 5.86. The molecule has 0 saturated carbocycles. The third-order valence-electron chi connectivity index (χ3n) is 3.53. The Kier molecular flexibility index (Phi) is 6.28. The van der Waals surface area contributed by atoms with Crippen molar-refractivity contribution < 1.29 is 8.42 Å². The Morgan fingerprint density at radius 1 is 1.19 bits per heavy atom. The molecule has 120 valence electrons. The molecule has 0 aromatic heterocycles. The van der Waals surface area contributed by atoms with Crippen LogP contribution in [0.5, 0.6) is 0 Å². The molecule has 2 N–H and O–H groups in total. The van der Waals surface area contributed by atoms with Crippen molar-refractivity contribution in [3.05, 3.63) is 28.8 Å². The number of rotatable bonds is 7. The van der Waals surface area contributed by atoms with Gasteiger partial charge in [0.1, 0.15) is 0 Å². The quantitative estimate of drug-likeness (QED) is 0.806. The van der Waals surface area contributed by atoms with Crippen LogP contribution in [0.15, 0.2) is 17.0 Å². The molecule has 1 rings (SSSR count). The number of hydrogen-bond acceptors (Lipinski definition) is 4. The maximum absolute atomic E-state index is 12.5. The first kappa shape index (κ1) is 18.5. The number of sulfonamides is 1. The van der Waals surface area contributed by atoms with E-state index in [0.29, 0.717) is 18.0 Å². The largest absolute Gasteiger partial charge is 0.316 e. The lowest BCUT2D eigenvalue weighted by Crippen LogP contribution is -2.36. The highest BCUT2D eigenvalue weighted by Crippen LogP contribution is 2.23. The summed E-state index contributed by atoms with van der Waals surface area (Å²) in [6, 6.07) is 3.70. The van der Waals surface area contributed by atoms with Crippen LogP contribution in [-0.2, 0) is 16.6 Å². The van der Waals surface area contributed by atoms with E-state index in [-0.39, 0.29) is 4.75 Å². The van der Waals surface area contributed by atoms with Crippen LogP contribution >= 0.6 is 11.8 Å². The minimum absolute atomic E-state index is 0.126. The van der Waals surface area contributed by atoms with E-state index < -0.39 is 10.0 Å². The molecule has 0 aliphatic carbocycles. The second-order valence-corrected chi connectivity index (χ2v) is 9.11. The SMILES string of the molecule is CNCc1cc(S(=O)(=O)NCC(C)(C)SC)c(C)cc1C. The molecule has 4 nitrogen and oxygen atoms in total. The van der Waals surface area contributed by atoms with Gasteiger partial charge in [-0.15, -0.1) is 0 Å². The van der Waals surface area contributed by atoms with Gasteiger partial charge in [0.25, 0.3) is 0 Å². The lowest BCUT2D eigenvalue weighted by Gasteiger charge is -2.22.